The summed E-state index contributed by atoms with van der Waals surface area (Å²) in [5.74, 6) is 0.437. The monoisotopic (exact) mass is 366 g/mol. The van der Waals surface area contributed by atoms with E-state index in [1.807, 2.05) is 32.0 Å². The zero-order valence-electron chi connectivity index (χ0n) is 15.1. The van der Waals surface area contributed by atoms with Crippen molar-refractivity contribution in [1.29, 1.82) is 5.26 Å². The van der Waals surface area contributed by atoms with Gasteiger partial charge in [0.15, 0.2) is 0 Å². The predicted octanol–water partition coefficient (Wildman–Crippen LogP) is 4.04. The Hall–Kier alpha value is -2.39. The summed E-state index contributed by atoms with van der Waals surface area (Å²) in [6, 6.07) is 7.93. The summed E-state index contributed by atoms with van der Waals surface area (Å²) in [5.41, 5.74) is 3.86. The van der Waals surface area contributed by atoms with Crippen molar-refractivity contribution in [3.05, 3.63) is 46.8 Å². The number of carbonyl (C=O) groups excluding carboxylic acids is 1. The number of aryl methyl sites for hydroxylation is 3. The molecule has 5 nitrogen and oxygen atoms in total. The van der Waals surface area contributed by atoms with Crippen molar-refractivity contribution in [3.8, 4) is 6.07 Å². The van der Waals surface area contributed by atoms with Crippen LogP contribution < -0.4 is 5.32 Å². The smallest absolute Gasteiger partial charge is 0.239 e. The molecule has 1 N–H and O–H groups in total. The summed E-state index contributed by atoms with van der Waals surface area (Å²) in [6.45, 7) is 3.92. The van der Waals surface area contributed by atoms with Crippen LogP contribution in [-0.2, 0) is 17.6 Å². The zero-order valence-corrected chi connectivity index (χ0v) is 15.9. The normalized spacial score (nSPS) is 14.2. The number of pyridine rings is 2. The summed E-state index contributed by atoms with van der Waals surface area (Å²) >= 11 is 1.37. The minimum Gasteiger partial charge on any atom is -0.310 e. The standard InChI is InChI=1S/C20H22N4OS/c1-3-17(19(25)24-18-10-13(2)8-9-22-18)26-20-15(12-21)11-14-6-4-5-7-16(14)23-20/h8-11,17H,3-7H2,1-2H3,(H,22,24,25). The van der Waals surface area contributed by atoms with Gasteiger partial charge in [-0.3, -0.25) is 4.79 Å². The van der Waals surface area contributed by atoms with E-state index in [2.05, 4.69) is 16.4 Å². The van der Waals surface area contributed by atoms with Gasteiger partial charge in [-0.15, -0.1) is 0 Å². The number of hydrogen-bond donors (Lipinski definition) is 1. The third-order valence-corrected chi connectivity index (χ3v) is 5.84. The Balaban J connectivity index is 1.79. The van der Waals surface area contributed by atoms with Gasteiger partial charge in [-0.25, -0.2) is 9.97 Å². The van der Waals surface area contributed by atoms with E-state index in [9.17, 15) is 10.1 Å². The molecule has 0 aliphatic heterocycles. The molecule has 0 saturated carbocycles. The van der Waals surface area contributed by atoms with E-state index in [4.69, 9.17) is 4.98 Å². The number of thioether (sulfide) groups is 1. The maximum Gasteiger partial charge on any atom is 0.239 e. The van der Waals surface area contributed by atoms with Crippen molar-refractivity contribution in [2.45, 2.75) is 56.2 Å². The third kappa shape index (κ3) is 4.23. The largest absolute Gasteiger partial charge is 0.310 e. The molecule has 0 spiro atoms. The topological polar surface area (TPSA) is 78.7 Å². The molecule has 0 radical (unpaired) electrons. The first-order valence-corrected chi connectivity index (χ1v) is 9.81. The number of anilines is 1. The predicted molar refractivity (Wildman–Crippen MR) is 103 cm³/mol. The first-order chi connectivity index (χ1) is 12.6. The number of fused-ring (bicyclic) bond motifs is 1. The molecule has 2 heterocycles. The fraction of sp³-hybridized carbons (Fsp3) is 0.400. The molecule has 0 bridgehead atoms. The highest BCUT2D eigenvalue weighted by Crippen LogP contribution is 2.31. The van der Waals surface area contributed by atoms with Gasteiger partial charge in [-0.2, -0.15) is 5.26 Å². The second-order valence-corrected chi connectivity index (χ2v) is 7.68. The van der Waals surface area contributed by atoms with Crippen LogP contribution >= 0.6 is 11.8 Å². The van der Waals surface area contributed by atoms with Crippen LogP contribution in [0.4, 0.5) is 5.82 Å². The Kier molecular flexibility index (Phi) is 5.89. The zero-order chi connectivity index (χ0) is 18.5. The second kappa shape index (κ2) is 8.33. The van der Waals surface area contributed by atoms with Crippen LogP contribution in [0, 0.1) is 18.3 Å². The van der Waals surface area contributed by atoms with Crippen molar-refractivity contribution in [3.63, 3.8) is 0 Å². The van der Waals surface area contributed by atoms with Gasteiger partial charge in [0.1, 0.15) is 16.9 Å². The molecule has 134 valence electrons. The molecule has 3 rings (SSSR count). The Morgan fingerprint density at radius 2 is 2.19 bits per heavy atom. The molecule has 2 aromatic rings. The SMILES string of the molecule is CCC(Sc1nc2c(cc1C#N)CCCC2)C(=O)Nc1cc(C)ccn1. The number of hydrogen-bond acceptors (Lipinski definition) is 5. The average Bonchev–Trinajstić information content (AvgIpc) is 2.65. The van der Waals surface area contributed by atoms with E-state index < -0.39 is 0 Å². The number of amides is 1. The van der Waals surface area contributed by atoms with Gasteiger partial charge in [0.05, 0.1) is 10.8 Å². The molecule has 1 atom stereocenters. The van der Waals surface area contributed by atoms with E-state index in [1.54, 1.807) is 6.20 Å². The summed E-state index contributed by atoms with van der Waals surface area (Å²) in [4.78, 5) is 21.6. The van der Waals surface area contributed by atoms with Gasteiger partial charge < -0.3 is 5.32 Å². The minimum atomic E-state index is -0.321. The molecule has 1 unspecified atom stereocenters. The first kappa shape index (κ1) is 18.4. The fourth-order valence-electron chi connectivity index (χ4n) is 3.05. The average molecular weight is 366 g/mol. The first-order valence-electron chi connectivity index (χ1n) is 8.93. The molecule has 1 amide bonds. The summed E-state index contributed by atoms with van der Waals surface area (Å²) in [7, 11) is 0. The molecule has 1 aliphatic carbocycles. The summed E-state index contributed by atoms with van der Waals surface area (Å²) in [5, 5.41) is 12.7. The fourth-order valence-corrected chi connectivity index (χ4v) is 4.05. The lowest BCUT2D eigenvalue weighted by molar-refractivity contribution is -0.115. The maximum absolute atomic E-state index is 12.7. The highest BCUT2D eigenvalue weighted by atomic mass is 32.2. The molecule has 0 fully saturated rings. The van der Waals surface area contributed by atoms with Gasteiger partial charge in [0, 0.05) is 11.9 Å². The molecule has 6 heteroatoms. The molecule has 26 heavy (non-hydrogen) atoms. The van der Waals surface area contributed by atoms with Gasteiger partial charge >= 0.3 is 0 Å². The van der Waals surface area contributed by atoms with Crippen LogP contribution in [0.15, 0.2) is 29.4 Å². The molecule has 1 aliphatic rings. The van der Waals surface area contributed by atoms with Gasteiger partial charge in [-0.05, 0) is 68.4 Å². The lowest BCUT2D eigenvalue weighted by Crippen LogP contribution is -2.25. The van der Waals surface area contributed by atoms with Crippen molar-refractivity contribution < 1.29 is 4.79 Å². The van der Waals surface area contributed by atoms with Crippen molar-refractivity contribution in [2.75, 3.05) is 5.32 Å². The highest BCUT2D eigenvalue weighted by molar-refractivity contribution is 8.00. The molecular formula is C20H22N4OS. The van der Waals surface area contributed by atoms with Crippen LogP contribution in [0.2, 0.25) is 0 Å². The number of nitriles is 1. The second-order valence-electron chi connectivity index (χ2n) is 6.49. The molecule has 0 aromatic carbocycles. The molecule has 2 aromatic heterocycles. The Labute approximate surface area is 158 Å². The Morgan fingerprint density at radius 1 is 1.38 bits per heavy atom. The molecule has 0 saturated heterocycles. The van der Waals surface area contributed by atoms with Crippen LogP contribution in [0.3, 0.4) is 0 Å². The van der Waals surface area contributed by atoms with E-state index in [-0.39, 0.29) is 11.2 Å². The van der Waals surface area contributed by atoms with Crippen molar-refractivity contribution in [1.82, 2.24) is 9.97 Å². The Morgan fingerprint density at radius 3 is 2.92 bits per heavy atom. The van der Waals surface area contributed by atoms with Crippen LogP contribution in [-0.4, -0.2) is 21.1 Å². The van der Waals surface area contributed by atoms with E-state index >= 15 is 0 Å². The van der Waals surface area contributed by atoms with Crippen LogP contribution in [0.25, 0.3) is 0 Å². The minimum absolute atomic E-state index is 0.112. The highest BCUT2D eigenvalue weighted by Gasteiger charge is 2.23. The van der Waals surface area contributed by atoms with Gasteiger partial charge in [0.2, 0.25) is 5.91 Å². The lowest BCUT2D eigenvalue weighted by Gasteiger charge is -2.19. The number of nitrogens with zero attached hydrogens (tertiary/aromatic N) is 3. The van der Waals surface area contributed by atoms with E-state index in [0.29, 0.717) is 22.8 Å². The lowest BCUT2D eigenvalue weighted by atomic mass is 9.95. The number of rotatable bonds is 5. The van der Waals surface area contributed by atoms with E-state index in [0.717, 1.165) is 36.9 Å². The summed E-state index contributed by atoms with van der Waals surface area (Å²) in [6.07, 6.45) is 6.54. The Bertz CT molecular complexity index is 859. The number of aromatic nitrogens is 2. The maximum atomic E-state index is 12.7. The summed E-state index contributed by atoms with van der Waals surface area (Å²) < 4.78 is 0. The van der Waals surface area contributed by atoms with Crippen molar-refractivity contribution in [2.24, 2.45) is 0 Å². The number of nitrogens with one attached hydrogen (secondary N) is 1. The number of carbonyl (C=O) groups is 1. The molecular weight excluding hydrogens is 344 g/mol. The van der Waals surface area contributed by atoms with Gasteiger partial charge in [0.25, 0.3) is 0 Å². The van der Waals surface area contributed by atoms with Crippen LogP contribution in [0.1, 0.15) is 48.6 Å². The van der Waals surface area contributed by atoms with Gasteiger partial charge in [-0.1, -0.05) is 18.7 Å². The third-order valence-electron chi connectivity index (χ3n) is 4.47. The quantitative estimate of drug-likeness (QED) is 0.808. The van der Waals surface area contributed by atoms with Crippen molar-refractivity contribution >= 4 is 23.5 Å². The van der Waals surface area contributed by atoms with E-state index in [1.165, 1.54) is 17.3 Å². The van der Waals surface area contributed by atoms with Crippen LogP contribution in [0.5, 0.6) is 0 Å².